The van der Waals surface area contributed by atoms with Crippen molar-refractivity contribution in [2.45, 2.75) is 4.90 Å². The number of halogens is 1. The molecule has 0 N–H and O–H groups in total. The molecule has 1 aliphatic rings. The second kappa shape index (κ2) is 6.24. The summed E-state index contributed by atoms with van der Waals surface area (Å²) < 4.78 is 10.5. The van der Waals surface area contributed by atoms with Gasteiger partial charge in [0.2, 0.25) is 11.9 Å². The van der Waals surface area contributed by atoms with Crippen LogP contribution in [0.25, 0.3) is 6.08 Å². The molecule has 0 radical (unpaired) electrons. The maximum atomic E-state index is 11.9. The van der Waals surface area contributed by atoms with Crippen molar-refractivity contribution in [2.75, 3.05) is 6.79 Å². The van der Waals surface area contributed by atoms with Gasteiger partial charge in [-0.25, -0.2) is 0 Å². The highest BCUT2D eigenvalue weighted by atomic mass is 35.5. The molecule has 0 unspecified atom stereocenters. The summed E-state index contributed by atoms with van der Waals surface area (Å²) in [5.41, 5.74) is 0.893. The Morgan fingerprint density at radius 1 is 1.10 bits per heavy atom. The zero-order valence-corrected chi connectivity index (χ0v) is 12.5. The molecule has 1 heterocycles. The van der Waals surface area contributed by atoms with E-state index in [9.17, 15) is 4.79 Å². The van der Waals surface area contributed by atoms with Gasteiger partial charge in [-0.1, -0.05) is 23.7 Å². The van der Waals surface area contributed by atoms with E-state index in [2.05, 4.69) is 0 Å². The number of hydrogen-bond donors (Lipinski definition) is 0. The quantitative estimate of drug-likeness (QED) is 0.620. The zero-order chi connectivity index (χ0) is 14.7. The number of thioether (sulfide) groups is 1. The smallest absolute Gasteiger partial charge is 0.231 e. The van der Waals surface area contributed by atoms with Crippen molar-refractivity contribution in [3.63, 3.8) is 0 Å². The van der Waals surface area contributed by atoms with E-state index >= 15 is 0 Å². The van der Waals surface area contributed by atoms with Crippen LogP contribution in [0, 0.1) is 0 Å². The molecule has 0 bridgehead atoms. The van der Waals surface area contributed by atoms with Gasteiger partial charge in [-0.15, -0.1) is 0 Å². The summed E-state index contributed by atoms with van der Waals surface area (Å²) in [6.07, 6.45) is 3.30. The van der Waals surface area contributed by atoms with Crippen LogP contribution in [0.4, 0.5) is 0 Å². The molecule has 21 heavy (non-hydrogen) atoms. The fraction of sp³-hybridized carbons (Fsp3) is 0.0625. The normalized spacial score (nSPS) is 12.8. The molecule has 0 atom stereocenters. The number of ether oxygens (including phenoxy) is 2. The van der Waals surface area contributed by atoms with E-state index in [-0.39, 0.29) is 11.9 Å². The summed E-state index contributed by atoms with van der Waals surface area (Å²) in [7, 11) is 0. The van der Waals surface area contributed by atoms with Crippen LogP contribution in [0.5, 0.6) is 11.5 Å². The lowest BCUT2D eigenvalue weighted by molar-refractivity contribution is -0.107. The monoisotopic (exact) mass is 318 g/mol. The lowest BCUT2D eigenvalue weighted by Crippen LogP contribution is -1.92. The average Bonchev–Trinajstić information content (AvgIpc) is 2.95. The van der Waals surface area contributed by atoms with E-state index in [0.29, 0.717) is 10.8 Å². The first-order valence-electron chi connectivity index (χ1n) is 6.26. The van der Waals surface area contributed by atoms with E-state index in [4.69, 9.17) is 21.1 Å². The molecule has 106 valence electrons. The van der Waals surface area contributed by atoms with E-state index < -0.39 is 0 Å². The number of carbonyl (C=O) groups excluding carboxylic acids is 1. The Balaban J connectivity index is 1.65. The van der Waals surface area contributed by atoms with Crippen LogP contribution >= 0.6 is 23.4 Å². The third-order valence-electron chi connectivity index (χ3n) is 2.84. The molecule has 0 spiro atoms. The molecule has 3 rings (SSSR count). The predicted octanol–water partition coefficient (Wildman–Crippen LogP) is 4.40. The Morgan fingerprint density at radius 2 is 1.86 bits per heavy atom. The van der Waals surface area contributed by atoms with Crippen molar-refractivity contribution in [1.29, 1.82) is 0 Å². The van der Waals surface area contributed by atoms with Gasteiger partial charge in [-0.2, -0.15) is 0 Å². The van der Waals surface area contributed by atoms with Gasteiger partial charge in [0.1, 0.15) is 0 Å². The Bertz CT molecular complexity index is 695. The fourth-order valence-electron chi connectivity index (χ4n) is 1.83. The van der Waals surface area contributed by atoms with Gasteiger partial charge in [0.25, 0.3) is 0 Å². The Morgan fingerprint density at radius 3 is 2.67 bits per heavy atom. The highest BCUT2D eigenvalue weighted by Gasteiger charge is 2.12. The van der Waals surface area contributed by atoms with Crippen molar-refractivity contribution in [3.8, 4) is 11.5 Å². The number of rotatable bonds is 3. The zero-order valence-electron chi connectivity index (χ0n) is 10.9. The maximum absolute atomic E-state index is 11.9. The van der Waals surface area contributed by atoms with Gasteiger partial charge in [-0.3, -0.25) is 4.79 Å². The number of fused-ring (bicyclic) bond motifs is 1. The van der Waals surface area contributed by atoms with E-state index in [1.807, 2.05) is 30.3 Å². The van der Waals surface area contributed by atoms with E-state index in [1.54, 1.807) is 18.2 Å². The molecule has 5 heteroatoms. The molecule has 2 aromatic carbocycles. The first-order valence-corrected chi connectivity index (χ1v) is 7.45. The molecule has 0 aromatic heterocycles. The van der Waals surface area contributed by atoms with Gasteiger partial charge in [0.15, 0.2) is 11.5 Å². The van der Waals surface area contributed by atoms with Gasteiger partial charge < -0.3 is 9.47 Å². The number of carbonyl (C=O) groups is 1. The third-order valence-corrected chi connectivity index (χ3v) is 3.94. The predicted molar refractivity (Wildman–Crippen MR) is 83.9 cm³/mol. The van der Waals surface area contributed by atoms with Gasteiger partial charge in [-0.05, 0) is 59.8 Å². The summed E-state index contributed by atoms with van der Waals surface area (Å²) in [6.45, 7) is 0.244. The summed E-state index contributed by atoms with van der Waals surface area (Å²) in [4.78, 5) is 12.8. The molecule has 0 saturated carbocycles. The van der Waals surface area contributed by atoms with Crippen molar-refractivity contribution in [2.24, 2.45) is 0 Å². The van der Waals surface area contributed by atoms with Crippen LogP contribution < -0.4 is 9.47 Å². The molecule has 2 aromatic rings. The van der Waals surface area contributed by atoms with Gasteiger partial charge in [0, 0.05) is 9.92 Å². The molecule has 0 saturated heterocycles. The van der Waals surface area contributed by atoms with Crippen LogP contribution in [0.15, 0.2) is 53.4 Å². The minimum Gasteiger partial charge on any atom is -0.454 e. The molecule has 3 nitrogen and oxygen atoms in total. The summed E-state index contributed by atoms with van der Waals surface area (Å²) in [6, 6.07) is 12.7. The van der Waals surface area contributed by atoms with Crippen LogP contribution in [0.3, 0.4) is 0 Å². The minimum absolute atomic E-state index is 0.0463. The highest BCUT2D eigenvalue weighted by molar-refractivity contribution is 8.14. The number of hydrogen-bond acceptors (Lipinski definition) is 4. The second-order valence-corrected chi connectivity index (χ2v) is 5.84. The van der Waals surface area contributed by atoms with Crippen molar-refractivity contribution in [1.82, 2.24) is 0 Å². The van der Waals surface area contributed by atoms with Crippen LogP contribution in [-0.4, -0.2) is 11.9 Å². The van der Waals surface area contributed by atoms with Crippen LogP contribution in [0.2, 0.25) is 5.02 Å². The third kappa shape index (κ3) is 3.60. The van der Waals surface area contributed by atoms with E-state index in [0.717, 1.165) is 28.0 Å². The summed E-state index contributed by atoms with van der Waals surface area (Å²) in [5, 5.41) is 0.609. The second-order valence-electron chi connectivity index (χ2n) is 4.32. The highest BCUT2D eigenvalue weighted by Crippen LogP contribution is 2.33. The minimum atomic E-state index is -0.0463. The first-order chi connectivity index (χ1) is 10.2. The van der Waals surface area contributed by atoms with Crippen molar-refractivity contribution >= 4 is 34.6 Å². The lowest BCUT2D eigenvalue weighted by atomic mass is 10.2. The van der Waals surface area contributed by atoms with E-state index in [1.165, 1.54) is 6.08 Å². The number of benzene rings is 2. The Labute approximate surface area is 131 Å². The molecular formula is C16H11ClO3S. The first kappa shape index (κ1) is 14.0. The molecular weight excluding hydrogens is 308 g/mol. The molecule has 0 amide bonds. The van der Waals surface area contributed by atoms with Crippen molar-refractivity contribution in [3.05, 3.63) is 59.1 Å². The molecule has 0 fully saturated rings. The molecule has 1 aliphatic heterocycles. The summed E-state index contributed by atoms with van der Waals surface area (Å²) >= 11 is 6.96. The maximum Gasteiger partial charge on any atom is 0.231 e. The van der Waals surface area contributed by atoms with Crippen LogP contribution in [0.1, 0.15) is 5.56 Å². The van der Waals surface area contributed by atoms with Crippen molar-refractivity contribution < 1.29 is 14.3 Å². The SMILES string of the molecule is O=C(/C=C\c1ccc2c(c1)OCO2)Sc1ccc(Cl)cc1. The summed E-state index contributed by atoms with van der Waals surface area (Å²) in [5.74, 6) is 1.43. The largest absolute Gasteiger partial charge is 0.454 e. The topological polar surface area (TPSA) is 35.5 Å². The van der Waals surface area contributed by atoms with Gasteiger partial charge in [0.05, 0.1) is 0 Å². The average molecular weight is 319 g/mol. The standard InChI is InChI=1S/C16H11ClO3S/c17-12-3-5-13(6-4-12)21-16(18)8-2-11-1-7-14-15(9-11)20-10-19-14/h1-9H,10H2/b8-2-. The Hall–Kier alpha value is -1.91. The molecule has 0 aliphatic carbocycles. The van der Waals surface area contributed by atoms with Crippen LogP contribution in [-0.2, 0) is 4.79 Å². The lowest BCUT2D eigenvalue weighted by Gasteiger charge is -1.98. The fourth-order valence-corrected chi connectivity index (χ4v) is 2.60. The Kier molecular flexibility index (Phi) is 4.18. The van der Waals surface area contributed by atoms with Gasteiger partial charge >= 0.3 is 0 Å².